The molecule has 1 saturated heterocycles. The second-order valence-electron chi connectivity index (χ2n) is 9.68. The third kappa shape index (κ3) is 5.87. The molecule has 3 aromatic carbocycles. The molecule has 12 nitrogen and oxygen atoms in total. The smallest absolute Gasteiger partial charge is 0.338 e. The first-order valence-electron chi connectivity index (χ1n) is 13.4. The van der Waals surface area contributed by atoms with E-state index in [2.05, 4.69) is 30.9 Å². The van der Waals surface area contributed by atoms with Crippen molar-refractivity contribution >= 4 is 50.8 Å². The molecule has 0 bridgehead atoms. The lowest BCUT2D eigenvalue weighted by atomic mass is 10.1. The summed E-state index contributed by atoms with van der Waals surface area (Å²) in [5.74, 6) is -1.88. The van der Waals surface area contributed by atoms with Gasteiger partial charge in [-0.15, -0.1) is 0 Å². The van der Waals surface area contributed by atoms with Crippen LogP contribution < -0.4 is 5.73 Å². The first kappa shape index (κ1) is 29.0. The first-order valence-corrected chi connectivity index (χ1v) is 14.2. The number of aromatic nitrogens is 4. The summed E-state index contributed by atoms with van der Waals surface area (Å²) in [6.45, 7) is -0.336. The molecular weight excluding hydrogens is 634 g/mol. The van der Waals surface area contributed by atoms with Gasteiger partial charge in [0.25, 0.3) is 0 Å². The number of esters is 3. The third-order valence-electron chi connectivity index (χ3n) is 6.90. The molecule has 1 aliphatic rings. The number of carbonyl (C=O) groups is 3. The van der Waals surface area contributed by atoms with E-state index in [-0.39, 0.29) is 39.4 Å². The Bertz CT molecular complexity index is 1800. The molecule has 6 rings (SSSR count). The van der Waals surface area contributed by atoms with E-state index in [1.165, 1.54) is 10.9 Å². The number of carbonyl (C=O) groups excluding carboxylic acids is 3. The van der Waals surface area contributed by atoms with Gasteiger partial charge in [0.1, 0.15) is 19.0 Å². The van der Waals surface area contributed by atoms with Crippen LogP contribution in [0, 0.1) is 0 Å². The largest absolute Gasteiger partial charge is 0.459 e. The SMILES string of the molecule is Nc1ncnc2c1nc(Br)n2[C@@H]1O[C@H](COC(=O)c2ccccc2)[C@@H](OC(=O)c2ccccc2)[C@H]1OC(=O)c1ccccc1. The van der Waals surface area contributed by atoms with Gasteiger partial charge in [0, 0.05) is 0 Å². The molecule has 13 heteroatoms. The highest BCUT2D eigenvalue weighted by Gasteiger charge is 2.52. The second-order valence-corrected chi connectivity index (χ2v) is 10.4. The highest BCUT2D eigenvalue weighted by atomic mass is 79.9. The van der Waals surface area contributed by atoms with Gasteiger partial charge in [-0.05, 0) is 52.3 Å². The molecule has 2 aromatic heterocycles. The minimum atomic E-state index is -1.25. The number of benzene rings is 3. The van der Waals surface area contributed by atoms with Crippen LogP contribution in [0.4, 0.5) is 5.82 Å². The van der Waals surface area contributed by atoms with Crippen LogP contribution >= 0.6 is 15.9 Å². The van der Waals surface area contributed by atoms with E-state index in [0.29, 0.717) is 5.56 Å². The Labute approximate surface area is 258 Å². The maximum atomic E-state index is 13.4. The Morgan fingerprint density at radius 1 is 0.773 bits per heavy atom. The zero-order chi connectivity index (χ0) is 30.6. The number of nitrogens with zero attached hydrogens (tertiary/aromatic N) is 4. The van der Waals surface area contributed by atoms with Gasteiger partial charge in [-0.3, -0.25) is 4.57 Å². The molecule has 0 spiro atoms. The summed E-state index contributed by atoms with van der Waals surface area (Å²) in [6.07, 6.45) is -3.44. The summed E-state index contributed by atoms with van der Waals surface area (Å²) in [4.78, 5) is 52.3. The fourth-order valence-corrected chi connectivity index (χ4v) is 5.34. The number of anilines is 1. The van der Waals surface area contributed by atoms with Crippen LogP contribution in [-0.2, 0) is 18.9 Å². The number of nitrogens with two attached hydrogens (primary N) is 1. The maximum Gasteiger partial charge on any atom is 0.338 e. The molecule has 1 fully saturated rings. The zero-order valence-corrected chi connectivity index (χ0v) is 24.4. The maximum absolute atomic E-state index is 13.4. The molecular formula is C31H24BrN5O7. The van der Waals surface area contributed by atoms with Crippen molar-refractivity contribution in [2.75, 3.05) is 12.3 Å². The van der Waals surface area contributed by atoms with Crippen molar-refractivity contribution < 1.29 is 33.3 Å². The number of nitrogen functional groups attached to an aromatic ring is 1. The van der Waals surface area contributed by atoms with Gasteiger partial charge in [-0.2, -0.15) is 0 Å². The molecule has 0 saturated carbocycles. The second kappa shape index (κ2) is 12.6. The quantitative estimate of drug-likeness (QED) is 0.143. The van der Waals surface area contributed by atoms with Crippen LogP contribution in [0.25, 0.3) is 11.2 Å². The van der Waals surface area contributed by atoms with Gasteiger partial charge < -0.3 is 24.7 Å². The molecule has 1 aliphatic heterocycles. The van der Waals surface area contributed by atoms with E-state index in [4.69, 9.17) is 24.7 Å². The van der Waals surface area contributed by atoms with Crippen LogP contribution in [0.15, 0.2) is 102 Å². The van der Waals surface area contributed by atoms with Gasteiger partial charge in [0.05, 0.1) is 16.7 Å². The van der Waals surface area contributed by atoms with Crippen molar-refractivity contribution in [1.82, 2.24) is 19.5 Å². The molecule has 4 atom stereocenters. The van der Waals surface area contributed by atoms with Crippen molar-refractivity contribution in [1.29, 1.82) is 0 Å². The summed E-state index contributed by atoms with van der Waals surface area (Å²) in [6, 6.07) is 25.0. The Morgan fingerprint density at radius 2 is 1.30 bits per heavy atom. The fraction of sp³-hybridized carbons (Fsp3) is 0.161. The predicted molar refractivity (Wildman–Crippen MR) is 159 cm³/mol. The average Bonchev–Trinajstić information content (AvgIpc) is 3.57. The van der Waals surface area contributed by atoms with E-state index in [1.807, 2.05) is 0 Å². The van der Waals surface area contributed by atoms with Crippen molar-refractivity contribution in [3.05, 3.63) is 119 Å². The molecule has 5 aromatic rings. The molecule has 3 heterocycles. The lowest BCUT2D eigenvalue weighted by Gasteiger charge is -2.25. The Morgan fingerprint density at radius 3 is 1.86 bits per heavy atom. The highest BCUT2D eigenvalue weighted by molar-refractivity contribution is 9.10. The van der Waals surface area contributed by atoms with E-state index >= 15 is 0 Å². The lowest BCUT2D eigenvalue weighted by molar-refractivity contribution is -0.0615. The summed E-state index contributed by atoms with van der Waals surface area (Å²) in [5.41, 5.74) is 7.44. The first-order chi connectivity index (χ1) is 21.4. The zero-order valence-electron chi connectivity index (χ0n) is 22.9. The van der Waals surface area contributed by atoms with E-state index in [9.17, 15) is 14.4 Å². The standard InChI is InChI=1S/C31H24BrN5O7/c32-31-36-22-25(33)34-17-35-26(22)37(31)27-24(44-30(40)20-14-8-3-9-15-20)23(43-29(39)19-12-6-2-7-13-19)21(42-27)16-41-28(38)18-10-4-1-5-11-18/h1-15,17,21,23-24,27H,16H2,(H2,33,34,35)/t21-,23-,24-,27-/m1/s1. The summed E-state index contributed by atoms with van der Waals surface area (Å²) in [5, 5.41) is 0. The third-order valence-corrected chi connectivity index (χ3v) is 7.46. The Hall–Kier alpha value is -5.14. The molecule has 44 heavy (non-hydrogen) atoms. The number of imidazole rings is 1. The molecule has 2 N–H and O–H groups in total. The van der Waals surface area contributed by atoms with Crippen LogP contribution in [0.2, 0.25) is 0 Å². The number of fused-ring (bicyclic) bond motifs is 1. The molecule has 0 aliphatic carbocycles. The molecule has 0 unspecified atom stereocenters. The van der Waals surface area contributed by atoms with Gasteiger partial charge in [0.2, 0.25) is 0 Å². The van der Waals surface area contributed by atoms with E-state index in [0.717, 1.165) is 0 Å². The molecule has 222 valence electrons. The van der Waals surface area contributed by atoms with Gasteiger partial charge in [0.15, 0.2) is 40.2 Å². The van der Waals surface area contributed by atoms with Crippen molar-refractivity contribution in [2.45, 2.75) is 24.5 Å². The van der Waals surface area contributed by atoms with Crippen LogP contribution in [-0.4, -0.2) is 62.3 Å². The minimum absolute atomic E-state index is 0.116. The van der Waals surface area contributed by atoms with Gasteiger partial charge in [-0.25, -0.2) is 29.3 Å². The Balaban J connectivity index is 1.40. The van der Waals surface area contributed by atoms with E-state index < -0.39 is 42.4 Å². The van der Waals surface area contributed by atoms with Gasteiger partial charge >= 0.3 is 17.9 Å². The van der Waals surface area contributed by atoms with E-state index in [1.54, 1.807) is 91.0 Å². The number of rotatable bonds is 8. The number of ether oxygens (including phenoxy) is 4. The fourth-order valence-electron chi connectivity index (χ4n) is 4.79. The summed E-state index contributed by atoms with van der Waals surface area (Å²) >= 11 is 3.43. The Kier molecular flexibility index (Phi) is 8.30. The summed E-state index contributed by atoms with van der Waals surface area (Å²) in [7, 11) is 0. The topological polar surface area (TPSA) is 158 Å². The number of hydrogen-bond acceptors (Lipinski definition) is 11. The minimum Gasteiger partial charge on any atom is -0.459 e. The van der Waals surface area contributed by atoms with Crippen LogP contribution in [0.5, 0.6) is 0 Å². The summed E-state index contributed by atoms with van der Waals surface area (Å²) < 4.78 is 25.7. The highest BCUT2D eigenvalue weighted by Crippen LogP contribution is 2.39. The van der Waals surface area contributed by atoms with Crippen LogP contribution in [0.1, 0.15) is 37.3 Å². The van der Waals surface area contributed by atoms with Gasteiger partial charge in [-0.1, -0.05) is 54.6 Å². The number of halogens is 1. The average molecular weight is 658 g/mol. The van der Waals surface area contributed by atoms with Crippen LogP contribution in [0.3, 0.4) is 0 Å². The van der Waals surface area contributed by atoms with Crippen molar-refractivity contribution in [2.24, 2.45) is 0 Å². The normalized spacial score (nSPS) is 19.4. The molecule has 0 radical (unpaired) electrons. The predicted octanol–water partition coefficient (Wildman–Crippen LogP) is 4.38. The van der Waals surface area contributed by atoms with Crippen molar-refractivity contribution in [3.63, 3.8) is 0 Å². The molecule has 0 amide bonds. The number of hydrogen-bond donors (Lipinski definition) is 1. The van der Waals surface area contributed by atoms with Crippen molar-refractivity contribution in [3.8, 4) is 0 Å². The lowest BCUT2D eigenvalue weighted by Crippen LogP contribution is -2.41. The monoisotopic (exact) mass is 657 g/mol.